The Balaban J connectivity index is 1.44. The number of rotatable bonds is 2. The molecule has 6 heteroatoms. The molecule has 1 saturated heterocycles. The quantitative estimate of drug-likeness (QED) is 0.460. The number of hydrogen-bond acceptors (Lipinski definition) is 3. The summed E-state index contributed by atoms with van der Waals surface area (Å²) in [5.74, 6) is -0.379. The van der Waals surface area contributed by atoms with Crippen LogP contribution in [-0.2, 0) is 9.59 Å². The fraction of sp³-hybridized carbons (Fsp3) is 0.389. The van der Waals surface area contributed by atoms with Crippen LogP contribution in [0.2, 0.25) is 10.0 Å². The summed E-state index contributed by atoms with van der Waals surface area (Å²) in [7, 11) is 0. The Morgan fingerprint density at radius 3 is 2.25 bits per heavy atom. The smallest absolute Gasteiger partial charge is 0.254 e. The van der Waals surface area contributed by atoms with Gasteiger partial charge in [-0.1, -0.05) is 41.4 Å². The number of hydrogen-bond donors (Lipinski definition) is 0. The van der Waals surface area contributed by atoms with E-state index in [-0.39, 0.29) is 40.9 Å². The highest BCUT2D eigenvalue weighted by Crippen LogP contribution is 2.73. The second-order valence-corrected chi connectivity index (χ2v) is 7.96. The van der Waals surface area contributed by atoms with Crippen molar-refractivity contribution in [3.05, 3.63) is 46.0 Å². The zero-order valence-electron chi connectivity index (χ0n) is 12.7. The van der Waals surface area contributed by atoms with E-state index in [1.54, 1.807) is 18.2 Å². The number of carbonyl (C=O) groups excluding carboxylic acids is 2. The molecule has 1 aromatic rings. The third kappa shape index (κ3) is 1.73. The van der Waals surface area contributed by atoms with Gasteiger partial charge in [0.1, 0.15) is 0 Å². The molecule has 2 amide bonds. The van der Waals surface area contributed by atoms with E-state index in [0.717, 1.165) is 17.9 Å². The molecule has 24 heavy (non-hydrogen) atoms. The van der Waals surface area contributed by atoms with Crippen molar-refractivity contribution >= 4 is 41.2 Å². The van der Waals surface area contributed by atoms with Crippen molar-refractivity contribution in [1.82, 2.24) is 5.01 Å². The van der Waals surface area contributed by atoms with E-state index >= 15 is 0 Å². The first kappa shape index (κ1) is 14.7. The molecule has 4 unspecified atom stereocenters. The van der Waals surface area contributed by atoms with E-state index < -0.39 is 0 Å². The van der Waals surface area contributed by atoms with E-state index in [1.165, 1.54) is 6.21 Å². The Hall–Kier alpha value is -1.65. The van der Waals surface area contributed by atoms with Crippen LogP contribution in [0.3, 0.4) is 0 Å². The number of amides is 2. The largest absolute Gasteiger partial charge is 0.272 e. The lowest BCUT2D eigenvalue weighted by Gasteiger charge is -2.18. The van der Waals surface area contributed by atoms with Crippen molar-refractivity contribution in [2.75, 3.05) is 0 Å². The van der Waals surface area contributed by atoms with E-state index in [2.05, 4.69) is 17.3 Å². The van der Waals surface area contributed by atoms with Crippen molar-refractivity contribution < 1.29 is 9.59 Å². The molecule has 2 bridgehead atoms. The van der Waals surface area contributed by atoms with Gasteiger partial charge in [-0.2, -0.15) is 10.1 Å². The van der Waals surface area contributed by atoms with E-state index in [9.17, 15) is 9.59 Å². The topological polar surface area (TPSA) is 49.7 Å². The molecule has 0 N–H and O–H groups in total. The first-order chi connectivity index (χ1) is 11.5. The number of halogens is 2. The Morgan fingerprint density at radius 2 is 1.71 bits per heavy atom. The van der Waals surface area contributed by atoms with Crippen LogP contribution in [0.5, 0.6) is 0 Å². The highest BCUT2D eigenvalue weighted by molar-refractivity contribution is 6.36. The van der Waals surface area contributed by atoms with Crippen LogP contribution in [-0.4, -0.2) is 23.0 Å². The summed E-state index contributed by atoms with van der Waals surface area (Å²) in [6.07, 6.45) is 8.01. The fourth-order valence-corrected chi connectivity index (χ4v) is 5.36. The number of allylic oxidation sites excluding steroid dienone is 2. The molecule has 1 aromatic carbocycles. The Bertz CT molecular complexity index is 809. The Morgan fingerprint density at radius 1 is 1.08 bits per heavy atom. The number of hydrazone groups is 1. The van der Waals surface area contributed by atoms with Crippen LogP contribution < -0.4 is 0 Å². The second-order valence-electron chi connectivity index (χ2n) is 7.12. The molecule has 122 valence electrons. The molecule has 0 radical (unpaired) electrons. The van der Waals surface area contributed by atoms with Crippen molar-refractivity contribution in [2.45, 2.75) is 12.8 Å². The fourth-order valence-electron chi connectivity index (χ4n) is 4.90. The highest BCUT2D eigenvalue weighted by Gasteiger charge is 2.73. The van der Waals surface area contributed by atoms with Crippen LogP contribution in [0.1, 0.15) is 18.4 Å². The molecule has 3 fully saturated rings. The van der Waals surface area contributed by atoms with Crippen LogP contribution >= 0.6 is 23.2 Å². The lowest BCUT2D eigenvalue weighted by atomic mass is 9.85. The molecule has 2 saturated carbocycles. The minimum Gasteiger partial charge on any atom is -0.272 e. The summed E-state index contributed by atoms with van der Waals surface area (Å²) in [5.41, 5.74) is 0.828. The third-order valence-electron chi connectivity index (χ3n) is 6.10. The standard InChI is InChI=1S/C18H14Cl2N2O2/c19-10-2-1-9(13(20)7-10)8-21-22-16(23)14-11-3-4-12(15(14)17(22)24)18(11)5-6-18/h1-4,7-8,11-12,14-15H,5-6H2. The summed E-state index contributed by atoms with van der Waals surface area (Å²) in [6, 6.07) is 5.01. The predicted octanol–water partition coefficient (Wildman–Crippen LogP) is 3.52. The van der Waals surface area contributed by atoms with Crippen LogP contribution in [0.15, 0.2) is 35.5 Å². The maximum Gasteiger partial charge on any atom is 0.254 e. The number of carbonyl (C=O) groups is 2. The van der Waals surface area contributed by atoms with Crippen LogP contribution in [0.4, 0.5) is 0 Å². The van der Waals surface area contributed by atoms with E-state index in [1.807, 2.05) is 0 Å². The second kappa shape index (κ2) is 4.70. The zero-order chi connectivity index (χ0) is 16.6. The van der Waals surface area contributed by atoms with Gasteiger partial charge >= 0.3 is 0 Å². The number of nitrogens with zero attached hydrogens (tertiary/aromatic N) is 2. The first-order valence-corrected chi connectivity index (χ1v) is 8.84. The van der Waals surface area contributed by atoms with Crippen molar-refractivity contribution in [1.29, 1.82) is 0 Å². The van der Waals surface area contributed by atoms with Gasteiger partial charge in [-0.3, -0.25) is 9.59 Å². The maximum atomic E-state index is 12.8. The van der Waals surface area contributed by atoms with Gasteiger partial charge in [0, 0.05) is 10.6 Å². The molecule has 1 spiro atoms. The molecule has 0 aromatic heterocycles. The van der Waals surface area contributed by atoms with Crippen LogP contribution in [0.25, 0.3) is 0 Å². The van der Waals surface area contributed by atoms with Gasteiger partial charge < -0.3 is 0 Å². The minimum atomic E-state index is -0.229. The molecule has 1 heterocycles. The molecule has 4 atom stereocenters. The SMILES string of the molecule is O=C1C2C(C(=O)N1N=Cc1ccc(Cl)cc1Cl)C1C=CC2C12CC2. The average molecular weight is 361 g/mol. The number of imide groups is 1. The van der Waals surface area contributed by atoms with Gasteiger partial charge in [0.15, 0.2) is 0 Å². The predicted molar refractivity (Wildman–Crippen MR) is 90.7 cm³/mol. The molecular formula is C18H14Cl2N2O2. The van der Waals surface area contributed by atoms with E-state index in [0.29, 0.717) is 15.6 Å². The van der Waals surface area contributed by atoms with E-state index in [4.69, 9.17) is 23.2 Å². The maximum absolute atomic E-state index is 12.8. The van der Waals surface area contributed by atoms with Gasteiger partial charge in [-0.25, -0.2) is 0 Å². The summed E-state index contributed by atoms with van der Waals surface area (Å²) in [5, 5.41) is 6.15. The summed E-state index contributed by atoms with van der Waals surface area (Å²) in [4.78, 5) is 25.5. The highest BCUT2D eigenvalue weighted by atomic mass is 35.5. The van der Waals surface area contributed by atoms with Gasteiger partial charge in [0.2, 0.25) is 0 Å². The number of benzene rings is 1. The summed E-state index contributed by atoms with van der Waals surface area (Å²) < 4.78 is 0. The molecular weight excluding hydrogens is 347 g/mol. The average Bonchev–Trinajstić information content (AvgIpc) is 3.15. The minimum absolute atomic E-state index is 0.172. The third-order valence-corrected chi connectivity index (χ3v) is 6.67. The van der Waals surface area contributed by atoms with Crippen molar-refractivity contribution in [3.63, 3.8) is 0 Å². The molecule has 4 aliphatic rings. The first-order valence-electron chi connectivity index (χ1n) is 8.08. The lowest BCUT2D eigenvalue weighted by Crippen LogP contribution is -2.30. The Labute approximate surface area is 149 Å². The van der Waals surface area contributed by atoms with Gasteiger partial charge in [0.25, 0.3) is 11.8 Å². The normalized spacial score (nSPS) is 34.8. The molecule has 5 rings (SSSR count). The Kier molecular flexibility index (Phi) is 2.88. The lowest BCUT2D eigenvalue weighted by molar-refractivity contribution is -0.141. The van der Waals surface area contributed by atoms with Gasteiger partial charge in [0.05, 0.1) is 23.1 Å². The zero-order valence-corrected chi connectivity index (χ0v) is 14.2. The van der Waals surface area contributed by atoms with Gasteiger partial charge in [-0.15, -0.1) is 0 Å². The summed E-state index contributed by atoms with van der Waals surface area (Å²) in [6.45, 7) is 0. The van der Waals surface area contributed by atoms with Gasteiger partial charge in [-0.05, 0) is 42.2 Å². The van der Waals surface area contributed by atoms with Crippen molar-refractivity contribution in [3.8, 4) is 0 Å². The number of fused-ring (bicyclic) bond motifs is 3. The van der Waals surface area contributed by atoms with Crippen molar-refractivity contribution in [2.24, 2.45) is 34.2 Å². The van der Waals surface area contributed by atoms with Crippen LogP contribution in [0, 0.1) is 29.1 Å². The molecule has 4 nitrogen and oxygen atoms in total. The monoisotopic (exact) mass is 360 g/mol. The molecule has 1 aliphatic heterocycles. The molecule has 3 aliphatic carbocycles. The summed E-state index contributed by atoms with van der Waals surface area (Å²) >= 11 is 12.0.